The third kappa shape index (κ3) is 8.76. The third-order valence-electron chi connectivity index (χ3n) is 6.08. The molecule has 1 aromatic carbocycles. The first-order chi connectivity index (χ1) is 22.7. The van der Waals surface area contributed by atoms with Crippen LogP contribution in [-0.4, -0.2) is 54.8 Å². The number of anilines is 4. The van der Waals surface area contributed by atoms with Gasteiger partial charge < -0.3 is 25.8 Å². The number of benzene rings is 1. The molecule has 234 valence electrons. The highest BCUT2D eigenvalue weighted by atomic mass is 16.5. The van der Waals surface area contributed by atoms with Crippen LogP contribution in [0.15, 0.2) is 103 Å². The standard InChI is InChI=1S/C32H24N8O7/c41-28(37-24-14-5-11-21(34-24)29(42)39-26-16-7-13-23(36-26)31(44)45)20-10-4-15-25(33-20)38-30(43)22-12-6-17-27(35-22)40-32(46)47-18-19-8-2-1-3-9-19/h1-17H,18H2,(H,44,45)(H,33,38,43)(H,34,37,41)(H,35,40,46)(H,36,39,42). The molecule has 0 bridgehead atoms. The van der Waals surface area contributed by atoms with Gasteiger partial charge in [-0.1, -0.05) is 54.6 Å². The average molecular weight is 633 g/mol. The minimum Gasteiger partial charge on any atom is -0.477 e. The first-order valence-corrected chi connectivity index (χ1v) is 13.8. The first kappa shape index (κ1) is 31.4. The molecule has 15 nitrogen and oxygen atoms in total. The molecule has 0 saturated heterocycles. The van der Waals surface area contributed by atoms with E-state index in [-0.39, 0.29) is 52.7 Å². The molecule has 0 aliphatic carbocycles. The van der Waals surface area contributed by atoms with Gasteiger partial charge in [-0.15, -0.1) is 0 Å². The number of rotatable bonds is 10. The summed E-state index contributed by atoms with van der Waals surface area (Å²) >= 11 is 0. The molecule has 0 radical (unpaired) electrons. The fraction of sp³-hybridized carbons (Fsp3) is 0.0312. The van der Waals surface area contributed by atoms with Gasteiger partial charge in [-0.2, -0.15) is 0 Å². The number of nitrogens with zero attached hydrogens (tertiary/aromatic N) is 4. The number of nitrogens with one attached hydrogen (secondary N) is 4. The predicted octanol–water partition coefficient (Wildman–Crippen LogP) is 4.47. The summed E-state index contributed by atoms with van der Waals surface area (Å²) in [7, 11) is 0. The van der Waals surface area contributed by atoms with Gasteiger partial charge in [0.1, 0.15) is 47.0 Å². The van der Waals surface area contributed by atoms with Crippen molar-refractivity contribution < 1.29 is 33.8 Å². The van der Waals surface area contributed by atoms with Gasteiger partial charge in [0.25, 0.3) is 17.7 Å². The number of pyridine rings is 4. The van der Waals surface area contributed by atoms with Crippen molar-refractivity contribution in [1.29, 1.82) is 0 Å². The summed E-state index contributed by atoms with van der Waals surface area (Å²) in [6, 6.07) is 26.4. The molecule has 0 aliphatic heterocycles. The molecule has 0 aliphatic rings. The molecule has 5 N–H and O–H groups in total. The molecule has 5 rings (SSSR count). The zero-order chi connectivity index (χ0) is 33.2. The van der Waals surface area contributed by atoms with Crippen molar-refractivity contribution in [2.75, 3.05) is 21.3 Å². The lowest BCUT2D eigenvalue weighted by molar-refractivity contribution is 0.0689. The van der Waals surface area contributed by atoms with E-state index in [2.05, 4.69) is 41.2 Å². The van der Waals surface area contributed by atoms with Crippen molar-refractivity contribution in [3.63, 3.8) is 0 Å². The van der Waals surface area contributed by atoms with E-state index in [1.165, 1.54) is 72.8 Å². The predicted molar refractivity (Wildman–Crippen MR) is 168 cm³/mol. The minimum atomic E-state index is -1.25. The summed E-state index contributed by atoms with van der Waals surface area (Å²) in [5.74, 6) is -3.10. The average Bonchev–Trinajstić information content (AvgIpc) is 3.08. The minimum absolute atomic E-state index is 0.00808. The molecule has 4 aromatic heterocycles. The molecule has 4 amide bonds. The van der Waals surface area contributed by atoms with E-state index in [4.69, 9.17) is 9.84 Å². The van der Waals surface area contributed by atoms with Gasteiger partial charge >= 0.3 is 12.1 Å². The number of hydrogen-bond donors (Lipinski definition) is 5. The van der Waals surface area contributed by atoms with E-state index in [1.807, 2.05) is 30.3 Å². The van der Waals surface area contributed by atoms with Crippen LogP contribution < -0.4 is 21.3 Å². The third-order valence-corrected chi connectivity index (χ3v) is 6.08. The van der Waals surface area contributed by atoms with E-state index >= 15 is 0 Å². The summed E-state index contributed by atoms with van der Waals surface area (Å²) in [6.45, 7) is 0.0577. The van der Waals surface area contributed by atoms with Gasteiger partial charge in [-0.25, -0.2) is 29.5 Å². The molecule has 0 spiro atoms. The van der Waals surface area contributed by atoms with E-state index in [1.54, 1.807) is 0 Å². The van der Waals surface area contributed by atoms with Gasteiger partial charge in [0.2, 0.25) is 0 Å². The Kier molecular flexibility index (Phi) is 9.77. The van der Waals surface area contributed by atoms with Crippen LogP contribution in [0.3, 0.4) is 0 Å². The lowest BCUT2D eigenvalue weighted by Gasteiger charge is -2.09. The quantitative estimate of drug-likeness (QED) is 0.145. The fourth-order valence-corrected chi connectivity index (χ4v) is 3.92. The van der Waals surface area contributed by atoms with Gasteiger partial charge in [0.05, 0.1) is 0 Å². The molecule has 0 unspecified atom stereocenters. The van der Waals surface area contributed by atoms with Gasteiger partial charge in [-0.3, -0.25) is 19.7 Å². The smallest absolute Gasteiger partial charge is 0.413 e. The zero-order valence-corrected chi connectivity index (χ0v) is 24.2. The van der Waals surface area contributed by atoms with Crippen LogP contribution in [0.4, 0.5) is 28.1 Å². The fourth-order valence-electron chi connectivity index (χ4n) is 3.92. The van der Waals surface area contributed by atoms with E-state index in [9.17, 15) is 24.0 Å². The Morgan fingerprint density at radius 1 is 0.489 bits per heavy atom. The molecular formula is C32H24N8O7. The molecule has 0 atom stereocenters. The number of aromatic nitrogens is 4. The Morgan fingerprint density at radius 2 is 0.872 bits per heavy atom. The van der Waals surface area contributed by atoms with Crippen LogP contribution in [0.2, 0.25) is 0 Å². The van der Waals surface area contributed by atoms with Crippen LogP contribution >= 0.6 is 0 Å². The van der Waals surface area contributed by atoms with E-state index < -0.39 is 29.8 Å². The van der Waals surface area contributed by atoms with Crippen LogP contribution in [-0.2, 0) is 11.3 Å². The molecular weight excluding hydrogens is 608 g/mol. The van der Waals surface area contributed by atoms with Gasteiger partial charge in [-0.05, 0) is 54.1 Å². The maximum atomic E-state index is 12.9. The van der Waals surface area contributed by atoms with Crippen molar-refractivity contribution in [3.05, 3.63) is 131 Å². The molecule has 47 heavy (non-hydrogen) atoms. The number of aromatic carboxylic acids is 1. The summed E-state index contributed by atoms with van der Waals surface area (Å²) in [5, 5.41) is 19.1. The highest BCUT2D eigenvalue weighted by molar-refractivity contribution is 6.06. The number of carboxylic acid groups (broad SMARTS) is 1. The number of ether oxygens (including phenoxy) is 1. The second kappa shape index (κ2) is 14.6. The maximum absolute atomic E-state index is 12.9. The molecule has 5 aromatic rings. The van der Waals surface area contributed by atoms with Crippen LogP contribution in [0, 0.1) is 0 Å². The maximum Gasteiger partial charge on any atom is 0.413 e. The van der Waals surface area contributed by atoms with Crippen LogP contribution in [0.5, 0.6) is 0 Å². The molecule has 15 heteroatoms. The Morgan fingerprint density at radius 3 is 1.30 bits per heavy atom. The number of hydrogen-bond acceptors (Lipinski definition) is 10. The summed E-state index contributed by atoms with van der Waals surface area (Å²) in [5.41, 5.74) is 0.375. The summed E-state index contributed by atoms with van der Waals surface area (Å²) < 4.78 is 5.18. The van der Waals surface area contributed by atoms with E-state index in [0.717, 1.165) is 5.56 Å². The lowest BCUT2D eigenvalue weighted by atomic mass is 10.2. The second-order valence-electron chi connectivity index (χ2n) is 9.49. The highest BCUT2D eigenvalue weighted by Gasteiger charge is 2.16. The van der Waals surface area contributed by atoms with Crippen molar-refractivity contribution in [1.82, 2.24) is 19.9 Å². The Balaban J connectivity index is 1.18. The normalized spacial score (nSPS) is 10.3. The Labute approximate surface area is 266 Å². The SMILES string of the molecule is O=C(Nc1cccc(C(=O)Nc2cccc(C(=O)Nc3cccc(C(=O)Nc4cccc(C(=O)O)n4)n3)n2)n1)OCc1ccccc1. The van der Waals surface area contributed by atoms with E-state index in [0.29, 0.717) is 0 Å². The molecule has 4 heterocycles. The second-order valence-corrected chi connectivity index (χ2v) is 9.49. The zero-order valence-electron chi connectivity index (χ0n) is 24.2. The first-order valence-electron chi connectivity index (χ1n) is 13.8. The molecule has 0 fully saturated rings. The monoisotopic (exact) mass is 632 g/mol. The number of amides is 4. The van der Waals surface area contributed by atoms with Crippen molar-refractivity contribution in [3.8, 4) is 0 Å². The van der Waals surface area contributed by atoms with Crippen molar-refractivity contribution >= 4 is 53.1 Å². The summed E-state index contributed by atoms with van der Waals surface area (Å²) in [6.07, 6.45) is -0.748. The number of carboxylic acids is 1. The number of carbonyl (C=O) groups excluding carboxylic acids is 4. The summed E-state index contributed by atoms with van der Waals surface area (Å²) in [4.78, 5) is 78.1. The Bertz CT molecular complexity index is 1970. The van der Waals surface area contributed by atoms with Crippen molar-refractivity contribution in [2.45, 2.75) is 6.61 Å². The highest BCUT2D eigenvalue weighted by Crippen LogP contribution is 2.13. The largest absolute Gasteiger partial charge is 0.477 e. The topological polar surface area (TPSA) is 214 Å². The van der Waals surface area contributed by atoms with Gasteiger partial charge in [0, 0.05) is 0 Å². The molecule has 0 saturated carbocycles. The van der Waals surface area contributed by atoms with Crippen molar-refractivity contribution in [2.24, 2.45) is 0 Å². The van der Waals surface area contributed by atoms with Crippen LogP contribution in [0.25, 0.3) is 0 Å². The lowest BCUT2D eigenvalue weighted by Crippen LogP contribution is -2.20. The van der Waals surface area contributed by atoms with Crippen LogP contribution in [0.1, 0.15) is 47.5 Å². The Hall–Kier alpha value is -7.03. The number of carbonyl (C=O) groups is 5. The van der Waals surface area contributed by atoms with Gasteiger partial charge in [0.15, 0.2) is 5.69 Å².